The van der Waals surface area contributed by atoms with E-state index in [0.717, 1.165) is 19.4 Å². The first-order valence-corrected chi connectivity index (χ1v) is 6.58. The van der Waals surface area contributed by atoms with Gasteiger partial charge in [0.2, 0.25) is 0 Å². The molecule has 3 N–H and O–H groups in total. The topological polar surface area (TPSA) is 58.4 Å². The van der Waals surface area contributed by atoms with Crippen molar-refractivity contribution >= 4 is 34.9 Å². The highest BCUT2D eigenvalue weighted by Crippen LogP contribution is 2.25. The van der Waals surface area contributed by atoms with Gasteiger partial charge in [-0.1, -0.05) is 23.2 Å². The van der Waals surface area contributed by atoms with Crippen molar-refractivity contribution in [3.63, 3.8) is 0 Å². The summed E-state index contributed by atoms with van der Waals surface area (Å²) in [4.78, 5) is 13.7. The second-order valence-corrected chi connectivity index (χ2v) is 5.22. The van der Waals surface area contributed by atoms with E-state index >= 15 is 0 Å². The molecule has 1 aromatic carbocycles. The van der Waals surface area contributed by atoms with Crippen LogP contribution in [0.4, 0.5) is 10.5 Å². The van der Waals surface area contributed by atoms with E-state index in [1.807, 2.05) is 0 Å². The van der Waals surface area contributed by atoms with Gasteiger partial charge in [0.1, 0.15) is 0 Å². The van der Waals surface area contributed by atoms with Crippen LogP contribution in [0.15, 0.2) is 18.2 Å². The summed E-state index contributed by atoms with van der Waals surface area (Å²) in [7, 11) is 0. The molecule has 1 aromatic rings. The molecule has 1 unspecified atom stereocenters. The summed E-state index contributed by atoms with van der Waals surface area (Å²) in [6.45, 7) is 1.33. The van der Waals surface area contributed by atoms with E-state index in [9.17, 15) is 4.79 Å². The Morgan fingerprint density at radius 1 is 1.39 bits per heavy atom. The molecule has 98 valence electrons. The molecule has 0 aliphatic carbocycles. The van der Waals surface area contributed by atoms with Crippen molar-refractivity contribution in [3.05, 3.63) is 28.2 Å². The first-order valence-electron chi connectivity index (χ1n) is 5.83. The van der Waals surface area contributed by atoms with Crippen LogP contribution in [0.5, 0.6) is 0 Å². The highest BCUT2D eigenvalue weighted by atomic mass is 35.5. The maximum atomic E-state index is 12.0. The third kappa shape index (κ3) is 3.28. The Morgan fingerprint density at radius 2 is 2.17 bits per heavy atom. The lowest BCUT2D eigenvalue weighted by molar-refractivity contribution is 0.193. The Labute approximate surface area is 116 Å². The minimum absolute atomic E-state index is 0.0679. The minimum Gasteiger partial charge on any atom is -0.326 e. The van der Waals surface area contributed by atoms with Gasteiger partial charge in [-0.2, -0.15) is 0 Å². The van der Waals surface area contributed by atoms with Gasteiger partial charge in [0.25, 0.3) is 0 Å². The van der Waals surface area contributed by atoms with Crippen molar-refractivity contribution in [2.45, 2.75) is 18.9 Å². The van der Waals surface area contributed by atoms with Crippen LogP contribution in [-0.4, -0.2) is 30.1 Å². The summed E-state index contributed by atoms with van der Waals surface area (Å²) in [5, 5.41) is 3.68. The van der Waals surface area contributed by atoms with Gasteiger partial charge in [0, 0.05) is 24.8 Å². The minimum atomic E-state index is -0.150. The normalized spacial score (nSPS) is 19.7. The van der Waals surface area contributed by atoms with E-state index < -0.39 is 0 Å². The van der Waals surface area contributed by atoms with Crippen LogP contribution in [-0.2, 0) is 0 Å². The van der Waals surface area contributed by atoms with Crippen LogP contribution in [0.2, 0.25) is 10.0 Å². The zero-order chi connectivity index (χ0) is 13.1. The van der Waals surface area contributed by atoms with Crippen LogP contribution in [0, 0.1) is 0 Å². The van der Waals surface area contributed by atoms with E-state index in [-0.39, 0.29) is 12.1 Å². The number of amides is 2. The molecule has 1 fully saturated rings. The number of carbonyl (C=O) groups is 1. The second kappa shape index (κ2) is 5.78. The summed E-state index contributed by atoms with van der Waals surface area (Å²) < 4.78 is 0. The van der Waals surface area contributed by atoms with Gasteiger partial charge >= 0.3 is 6.03 Å². The summed E-state index contributed by atoms with van der Waals surface area (Å²) in [6, 6.07) is 4.92. The number of likely N-dealkylation sites (tertiary alicyclic amines) is 1. The fraction of sp³-hybridized carbons (Fsp3) is 0.417. The van der Waals surface area contributed by atoms with Gasteiger partial charge in [-0.15, -0.1) is 0 Å². The standard InChI is InChI=1S/C12H15Cl2N3O/c13-10-4-3-9(6-11(10)14)16-12(18)17-5-1-2-8(15)7-17/h3-4,6,8H,1-2,5,7,15H2,(H,16,18). The predicted molar refractivity (Wildman–Crippen MR) is 74.3 cm³/mol. The number of hydrogen-bond acceptors (Lipinski definition) is 2. The van der Waals surface area contributed by atoms with Crippen LogP contribution in [0.1, 0.15) is 12.8 Å². The number of nitrogens with one attached hydrogen (secondary N) is 1. The second-order valence-electron chi connectivity index (χ2n) is 4.41. The van der Waals surface area contributed by atoms with E-state index in [1.165, 1.54) is 0 Å². The molecule has 4 nitrogen and oxygen atoms in total. The number of urea groups is 1. The van der Waals surface area contributed by atoms with E-state index in [1.54, 1.807) is 23.1 Å². The van der Waals surface area contributed by atoms with Crippen molar-refractivity contribution in [2.75, 3.05) is 18.4 Å². The van der Waals surface area contributed by atoms with E-state index in [0.29, 0.717) is 22.3 Å². The number of nitrogens with two attached hydrogens (primary N) is 1. The summed E-state index contributed by atoms with van der Waals surface area (Å²) >= 11 is 11.7. The van der Waals surface area contributed by atoms with E-state index in [4.69, 9.17) is 28.9 Å². The van der Waals surface area contributed by atoms with Crippen LogP contribution in [0.25, 0.3) is 0 Å². The average Bonchev–Trinajstić information content (AvgIpc) is 2.34. The first-order chi connectivity index (χ1) is 8.56. The molecule has 0 aromatic heterocycles. The third-order valence-corrected chi connectivity index (χ3v) is 3.65. The van der Waals surface area contributed by atoms with Crippen molar-refractivity contribution in [3.8, 4) is 0 Å². The zero-order valence-corrected chi connectivity index (χ0v) is 11.3. The van der Waals surface area contributed by atoms with Crippen molar-refractivity contribution in [1.29, 1.82) is 0 Å². The highest BCUT2D eigenvalue weighted by molar-refractivity contribution is 6.42. The van der Waals surface area contributed by atoms with Crippen molar-refractivity contribution in [1.82, 2.24) is 4.90 Å². The number of carbonyl (C=O) groups excluding carboxylic acids is 1. The smallest absolute Gasteiger partial charge is 0.321 e. The molecule has 1 saturated heterocycles. The quantitative estimate of drug-likeness (QED) is 0.834. The molecule has 0 radical (unpaired) electrons. The lowest BCUT2D eigenvalue weighted by Gasteiger charge is -2.30. The number of anilines is 1. The molecule has 1 heterocycles. The molecule has 2 amide bonds. The highest BCUT2D eigenvalue weighted by Gasteiger charge is 2.21. The molecule has 1 aliphatic heterocycles. The number of nitrogens with zero attached hydrogens (tertiary/aromatic N) is 1. The molecule has 6 heteroatoms. The molecular formula is C12H15Cl2N3O. The molecule has 2 rings (SSSR count). The first kappa shape index (κ1) is 13.5. The van der Waals surface area contributed by atoms with E-state index in [2.05, 4.69) is 5.32 Å². The largest absolute Gasteiger partial charge is 0.326 e. The van der Waals surface area contributed by atoms with Crippen molar-refractivity contribution in [2.24, 2.45) is 5.73 Å². The SMILES string of the molecule is NC1CCCN(C(=O)Nc2ccc(Cl)c(Cl)c2)C1. The maximum absolute atomic E-state index is 12.0. The molecule has 0 spiro atoms. The number of rotatable bonds is 1. The maximum Gasteiger partial charge on any atom is 0.321 e. The molecule has 1 aliphatic rings. The monoisotopic (exact) mass is 287 g/mol. The van der Waals surface area contributed by atoms with Gasteiger partial charge in [-0.25, -0.2) is 4.79 Å². The number of hydrogen-bond donors (Lipinski definition) is 2. The van der Waals surface area contributed by atoms with Crippen LogP contribution in [0.3, 0.4) is 0 Å². The Kier molecular flexibility index (Phi) is 4.32. The summed E-state index contributed by atoms with van der Waals surface area (Å²) in [6.07, 6.45) is 1.91. The van der Waals surface area contributed by atoms with Gasteiger partial charge in [-0.3, -0.25) is 0 Å². The molecule has 0 saturated carbocycles. The lowest BCUT2D eigenvalue weighted by atomic mass is 10.1. The summed E-state index contributed by atoms with van der Waals surface area (Å²) in [5.41, 5.74) is 6.47. The van der Waals surface area contributed by atoms with Crippen LogP contribution >= 0.6 is 23.2 Å². The number of benzene rings is 1. The van der Waals surface area contributed by atoms with Gasteiger partial charge in [0.05, 0.1) is 10.0 Å². The Morgan fingerprint density at radius 3 is 2.83 bits per heavy atom. The average molecular weight is 288 g/mol. The Balaban J connectivity index is 2.00. The van der Waals surface area contributed by atoms with Crippen molar-refractivity contribution < 1.29 is 4.79 Å². The molecule has 1 atom stereocenters. The van der Waals surface area contributed by atoms with Gasteiger partial charge < -0.3 is 16.0 Å². The lowest BCUT2D eigenvalue weighted by Crippen LogP contribution is -2.47. The van der Waals surface area contributed by atoms with Gasteiger partial charge in [0.15, 0.2) is 0 Å². The molecule has 18 heavy (non-hydrogen) atoms. The Hall–Kier alpha value is -0.970. The van der Waals surface area contributed by atoms with Gasteiger partial charge in [-0.05, 0) is 31.0 Å². The zero-order valence-electron chi connectivity index (χ0n) is 9.83. The fourth-order valence-corrected chi connectivity index (χ4v) is 2.27. The summed E-state index contributed by atoms with van der Waals surface area (Å²) in [5.74, 6) is 0. The Bertz CT molecular complexity index is 453. The predicted octanol–water partition coefficient (Wildman–Crippen LogP) is 2.95. The number of piperidine rings is 1. The molecular weight excluding hydrogens is 273 g/mol. The fourth-order valence-electron chi connectivity index (χ4n) is 1.97. The number of halogens is 2. The third-order valence-electron chi connectivity index (χ3n) is 2.92. The molecule has 0 bridgehead atoms. The van der Waals surface area contributed by atoms with Crippen LogP contribution < -0.4 is 11.1 Å².